The standard InChI is InChI=1S/C17H11ClF3N5O4/c1-25-14(17(19,20)21)13(18)16(24-25)30-9-5-6-11(26(28)29)10(8-9)15(27)23-12-4-2-3-7-22-12/h2-8H,1H3,(H,22,23,27). The first kappa shape index (κ1) is 21.0. The summed E-state index contributed by atoms with van der Waals surface area (Å²) >= 11 is 5.73. The van der Waals surface area contributed by atoms with Gasteiger partial charge in [0.2, 0.25) is 0 Å². The Morgan fingerprint density at radius 2 is 2.03 bits per heavy atom. The fourth-order valence-electron chi connectivity index (χ4n) is 2.50. The average Bonchev–Trinajstić information content (AvgIpc) is 2.95. The number of aryl methyl sites for hydroxylation is 1. The van der Waals surface area contributed by atoms with Crippen molar-refractivity contribution in [2.75, 3.05) is 5.32 Å². The first-order valence-electron chi connectivity index (χ1n) is 8.06. The number of rotatable bonds is 5. The van der Waals surface area contributed by atoms with Crippen LogP contribution in [0, 0.1) is 10.1 Å². The van der Waals surface area contributed by atoms with Crippen molar-refractivity contribution >= 4 is 29.0 Å². The molecule has 0 aliphatic heterocycles. The Morgan fingerprint density at radius 1 is 1.30 bits per heavy atom. The lowest BCUT2D eigenvalue weighted by atomic mass is 10.1. The van der Waals surface area contributed by atoms with E-state index >= 15 is 0 Å². The molecule has 0 aliphatic rings. The van der Waals surface area contributed by atoms with Gasteiger partial charge in [0, 0.05) is 25.4 Å². The van der Waals surface area contributed by atoms with Crippen LogP contribution in [-0.2, 0) is 13.2 Å². The summed E-state index contributed by atoms with van der Waals surface area (Å²) in [4.78, 5) is 26.9. The quantitative estimate of drug-likeness (QED) is 0.462. The van der Waals surface area contributed by atoms with Crippen LogP contribution < -0.4 is 10.1 Å². The molecule has 0 bridgehead atoms. The number of anilines is 1. The van der Waals surface area contributed by atoms with E-state index in [1.165, 1.54) is 12.3 Å². The first-order valence-corrected chi connectivity index (χ1v) is 8.44. The molecule has 30 heavy (non-hydrogen) atoms. The van der Waals surface area contributed by atoms with Crippen molar-refractivity contribution < 1.29 is 27.6 Å². The lowest BCUT2D eigenvalue weighted by Crippen LogP contribution is -2.14. The highest BCUT2D eigenvalue weighted by Crippen LogP contribution is 2.40. The van der Waals surface area contributed by atoms with Crippen molar-refractivity contribution in [3.63, 3.8) is 0 Å². The fourth-order valence-corrected chi connectivity index (χ4v) is 2.80. The molecular formula is C17H11ClF3N5O4. The van der Waals surface area contributed by atoms with Gasteiger partial charge in [0.1, 0.15) is 22.2 Å². The van der Waals surface area contributed by atoms with E-state index in [9.17, 15) is 28.1 Å². The summed E-state index contributed by atoms with van der Waals surface area (Å²) in [5.41, 5.74) is -2.17. The number of nitrogens with zero attached hydrogens (tertiary/aromatic N) is 4. The van der Waals surface area contributed by atoms with Crippen LogP contribution >= 0.6 is 11.6 Å². The SMILES string of the molecule is Cn1nc(Oc2ccc([N+](=O)[O-])c(C(=O)Nc3ccccn3)c2)c(Cl)c1C(F)(F)F. The number of halogens is 4. The number of ether oxygens (including phenoxy) is 1. The zero-order chi connectivity index (χ0) is 22.1. The van der Waals surface area contributed by atoms with Crippen LogP contribution in [0.1, 0.15) is 16.1 Å². The highest BCUT2D eigenvalue weighted by atomic mass is 35.5. The molecule has 2 heterocycles. The Labute approximate surface area is 171 Å². The number of carbonyl (C=O) groups excluding carboxylic acids is 1. The van der Waals surface area contributed by atoms with Gasteiger partial charge in [0.15, 0.2) is 5.69 Å². The van der Waals surface area contributed by atoms with Gasteiger partial charge in [-0.05, 0) is 18.2 Å². The predicted molar refractivity (Wildman–Crippen MR) is 98.6 cm³/mol. The summed E-state index contributed by atoms with van der Waals surface area (Å²) in [6.07, 6.45) is -3.37. The minimum atomic E-state index is -4.77. The summed E-state index contributed by atoms with van der Waals surface area (Å²) in [5.74, 6) is -1.48. The largest absolute Gasteiger partial charge is 0.436 e. The first-order chi connectivity index (χ1) is 14.1. The third-order valence-corrected chi connectivity index (χ3v) is 4.10. The molecule has 0 saturated carbocycles. The second-order valence-electron chi connectivity index (χ2n) is 5.80. The molecule has 3 rings (SSSR count). The molecule has 0 radical (unpaired) electrons. The second kappa shape index (κ2) is 7.99. The maximum Gasteiger partial charge on any atom is 0.434 e. The van der Waals surface area contributed by atoms with Gasteiger partial charge < -0.3 is 10.1 Å². The van der Waals surface area contributed by atoms with E-state index in [0.717, 1.165) is 25.2 Å². The van der Waals surface area contributed by atoms with Crippen molar-refractivity contribution in [1.82, 2.24) is 14.8 Å². The molecule has 0 atom stereocenters. The summed E-state index contributed by atoms with van der Waals surface area (Å²) in [7, 11) is 1.03. The van der Waals surface area contributed by atoms with E-state index in [4.69, 9.17) is 16.3 Å². The average molecular weight is 442 g/mol. The molecule has 1 aromatic carbocycles. The minimum absolute atomic E-state index is 0.144. The van der Waals surface area contributed by atoms with Gasteiger partial charge >= 0.3 is 6.18 Å². The van der Waals surface area contributed by atoms with E-state index < -0.39 is 44.9 Å². The Balaban J connectivity index is 1.95. The lowest BCUT2D eigenvalue weighted by Gasteiger charge is -2.08. The summed E-state index contributed by atoms with van der Waals surface area (Å²) in [6, 6.07) is 7.75. The number of pyridine rings is 1. The van der Waals surface area contributed by atoms with E-state index in [-0.39, 0.29) is 11.6 Å². The van der Waals surface area contributed by atoms with Crippen LogP contribution in [0.2, 0.25) is 5.02 Å². The molecule has 9 nitrogen and oxygen atoms in total. The number of hydrogen-bond acceptors (Lipinski definition) is 6. The summed E-state index contributed by atoms with van der Waals surface area (Å²) in [5, 5.41) is 16.4. The van der Waals surface area contributed by atoms with Gasteiger partial charge in [-0.1, -0.05) is 17.7 Å². The molecule has 0 saturated heterocycles. The molecule has 0 unspecified atom stereocenters. The van der Waals surface area contributed by atoms with Gasteiger partial charge in [0.25, 0.3) is 17.5 Å². The number of benzene rings is 1. The number of hydrogen-bond donors (Lipinski definition) is 1. The number of nitrogens with one attached hydrogen (secondary N) is 1. The monoisotopic (exact) mass is 441 g/mol. The van der Waals surface area contributed by atoms with Crippen LogP contribution in [0.5, 0.6) is 11.6 Å². The van der Waals surface area contributed by atoms with E-state index in [2.05, 4.69) is 15.4 Å². The topological polar surface area (TPSA) is 112 Å². The number of aromatic nitrogens is 3. The normalized spacial score (nSPS) is 11.2. The molecule has 0 spiro atoms. The molecule has 0 aliphatic carbocycles. The van der Waals surface area contributed by atoms with Crippen molar-refractivity contribution in [2.45, 2.75) is 6.18 Å². The van der Waals surface area contributed by atoms with Crippen molar-refractivity contribution in [1.29, 1.82) is 0 Å². The summed E-state index contributed by atoms with van der Waals surface area (Å²) < 4.78 is 44.9. The molecule has 1 amide bonds. The third kappa shape index (κ3) is 4.33. The van der Waals surface area contributed by atoms with Gasteiger partial charge in [-0.25, -0.2) is 4.98 Å². The Kier molecular flexibility index (Phi) is 5.60. The Morgan fingerprint density at radius 3 is 2.60 bits per heavy atom. The third-order valence-electron chi connectivity index (χ3n) is 3.76. The highest BCUT2D eigenvalue weighted by molar-refractivity contribution is 6.32. The van der Waals surface area contributed by atoms with E-state index in [1.807, 2.05) is 0 Å². The molecule has 3 aromatic rings. The fraction of sp³-hybridized carbons (Fsp3) is 0.118. The van der Waals surface area contributed by atoms with Crippen LogP contribution in [0.4, 0.5) is 24.7 Å². The number of carbonyl (C=O) groups is 1. The van der Waals surface area contributed by atoms with Crippen LogP contribution in [-0.4, -0.2) is 25.6 Å². The van der Waals surface area contributed by atoms with Gasteiger partial charge in [-0.3, -0.25) is 19.6 Å². The number of nitro benzene ring substituents is 1. The number of amides is 1. The zero-order valence-corrected chi connectivity index (χ0v) is 15.7. The highest BCUT2D eigenvalue weighted by Gasteiger charge is 2.39. The number of alkyl halides is 3. The van der Waals surface area contributed by atoms with Gasteiger partial charge in [-0.15, -0.1) is 5.10 Å². The Hall–Kier alpha value is -3.67. The van der Waals surface area contributed by atoms with Crippen molar-refractivity contribution in [3.05, 3.63) is 69.0 Å². The molecule has 0 fully saturated rings. The molecule has 156 valence electrons. The molecule has 2 aromatic heterocycles. The maximum absolute atomic E-state index is 13.0. The van der Waals surface area contributed by atoms with Crippen LogP contribution in [0.3, 0.4) is 0 Å². The lowest BCUT2D eigenvalue weighted by molar-refractivity contribution is -0.385. The smallest absolute Gasteiger partial charge is 0.434 e. The molecule has 1 N–H and O–H groups in total. The van der Waals surface area contributed by atoms with Crippen molar-refractivity contribution in [2.24, 2.45) is 7.05 Å². The number of nitro groups is 1. The summed E-state index contributed by atoms with van der Waals surface area (Å²) in [6.45, 7) is 0. The van der Waals surface area contributed by atoms with Gasteiger partial charge in [0.05, 0.1) is 4.92 Å². The maximum atomic E-state index is 13.0. The molecular weight excluding hydrogens is 431 g/mol. The van der Waals surface area contributed by atoms with E-state index in [0.29, 0.717) is 4.68 Å². The second-order valence-corrected chi connectivity index (χ2v) is 6.17. The molecule has 13 heteroatoms. The predicted octanol–water partition coefficient (Wildman–Crippen LogP) is 4.44. The Bertz CT molecular complexity index is 1120. The minimum Gasteiger partial charge on any atom is -0.436 e. The van der Waals surface area contributed by atoms with Gasteiger partial charge in [-0.2, -0.15) is 13.2 Å². The van der Waals surface area contributed by atoms with Crippen LogP contribution in [0.25, 0.3) is 0 Å². The zero-order valence-electron chi connectivity index (χ0n) is 15.0. The van der Waals surface area contributed by atoms with E-state index in [1.54, 1.807) is 12.1 Å². The van der Waals surface area contributed by atoms with Crippen LogP contribution in [0.15, 0.2) is 42.6 Å². The van der Waals surface area contributed by atoms with Crippen molar-refractivity contribution in [3.8, 4) is 11.6 Å².